The summed E-state index contributed by atoms with van der Waals surface area (Å²) in [5.41, 5.74) is 2.05. The molecule has 5 nitrogen and oxygen atoms in total. The Morgan fingerprint density at radius 2 is 2.07 bits per heavy atom. The number of carbonyl (C=O) groups is 1. The van der Waals surface area contributed by atoms with Crippen molar-refractivity contribution in [2.45, 2.75) is 37.6 Å². The van der Waals surface area contributed by atoms with Gasteiger partial charge >= 0.3 is 6.18 Å². The normalized spacial score (nSPS) is 23.6. The molecule has 3 aliphatic rings. The molecule has 4 rings (SSSR count). The number of aliphatic imine (C=N–C) groups is 1. The van der Waals surface area contributed by atoms with Crippen LogP contribution in [0.1, 0.15) is 36.6 Å². The summed E-state index contributed by atoms with van der Waals surface area (Å²) in [4.78, 5) is 18.7. The number of nitrogens with one attached hydrogen (secondary N) is 2. The number of alkyl halides is 3. The van der Waals surface area contributed by atoms with Crippen molar-refractivity contribution >= 4 is 11.7 Å². The largest absolute Gasteiger partial charge is 0.416 e. The molecule has 2 N–H and O–H groups in total. The van der Waals surface area contributed by atoms with Gasteiger partial charge in [0, 0.05) is 30.4 Å². The molecule has 0 bridgehead atoms. The zero-order chi connectivity index (χ0) is 21.3. The zero-order valence-corrected chi connectivity index (χ0v) is 16.4. The number of rotatable bonds is 3. The van der Waals surface area contributed by atoms with E-state index in [1.54, 1.807) is 0 Å². The molecule has 0 radical (unpaired) electrons. The molecule has 1 fully saturated rings. The quantitative estimate of drug-likeness (QED) is 0.739. The Labute approximate surface area is 173 Å². The molecule has 0 aromatic heterocycles. The minimum Gasteiger partial charge on any atom is -0.360 e. The third kappa shape index (κ3) is 4.13. The summed E-state index contributed by atoms with van der Waals surface area (Å²) in [6, 6.07) is 5.13. The van der Waals surface area contributed by atoms with E-state index in [-0.39, 0.29) is 11.9 Å². The summed E-state index contributed by atoms with van der Waals surface area (Å²) in [6.45, 7) is 4.88. The highest BCUT2D eigenvalue weighted by Crippen LogP contribution is 2.33. The Kier molecular flexibility index (Phi) is 5.40. The van der Waals surface area contributed by atoms with E-state index in [0.717, 1.165) is 55.0 Å². The second-order valence-electron chi connectivity index (χ2n) is 7.60. The maximum atomic E-state index is 12.9. The van der Waals surface area contributed by atoms with E-state index in [2.05, 4.69) is 28.2 Å². The van der Waals surface area contributed by atoms with Gasteiger partial charge in [-0.3, -0.25) is 4.79 Å². The number of benzene rings is 1. The van der Waals surface area contributed by atoms with Crippen molar-refractivity contribution in [3.05, 3.63) is 71.5 Å². The van der Waals surface area contributed by atoms with E-state index < -0.39 is 17.9 Å². The topological polar surface area (TPSA) is 56.7 Å². The van der Waals surface area contributed by atoms with Gasteiger partial charge < -0.3 is 15.5 Å². The molecular formula is C22H23F3N4O. The van der Waals surface area contributed by atoms with Crippen LogP contribution in [0.3, 0.4) is 0 Å². The highest BCUT2D eigenvalue weighted by Gasteiger charge is 2.33. The van der Waals surface area contributed by atoms with Crippen LogP contribution in [-0.4, -0.2) is 35.8 Å². The van der Waals surface area contributed by atoms with Crippen LogP contribution in [0.25, 0.3) is 0 Å². The molecule has 0 saturated carbocycles. The highest BCUT2D eigenvalue weighted by atomic mass is 19.4. The summed E-state index contributed by atoms with van der Waals surface area (Å²) in [6.07, 6.45) is 3.08. The van der Waals surface area contributed by atoms with Crippen LogP contribution >= 0.6 is 0 Å². The predicted molar refractivity (Wildman–Crippen MR) is 108 cm³/mol. The lowest BCUT2D eigenvalue weighted by Gasteiger charge is -2.33. The molecule has 2 unspecified atom stereocenters. The lowest BCUT2D eigenvalue weighted by atomic mass is 9.97. The summed E-state index contributed by atoms with van der Waals surface area (Å²) >= 11 is 0. The number of likely N-dealkylation sites (tertiary alicyclic amines) is 1. The number of carbonyl (C=O) groups excluding carboxylic acids is 1. The Morgan fingerprint density at radius 3 is 2.77 bits per heavy atom. The maximum Gasteiger partial charge on any atom is 0.416 e. The van der Waals surface area contributed by atoms with E-state index in [4.69, 9.17) is 4.99 Å². The lowest BCUT2D eigenvalue weighted by molar-refractivity contribution is -0.137. The van der Waals surface area contributed by atoms with E-state index in [0.29, 0.717) is 12.1 Å². The second-order valence-corrected chi connectivity index (χ2v) is 7.60. The molecule has 2 heterocycles. The van der Waals surface area contributed by atoms with Gasteiger partial charge in [-0.05, 0) is 49.1 Å². The molecule has 1 amide bonds. The smallest absolute Gasteiger partial charge is 0.360 e. The number of allylic oxidation sites excluding steroid dienone is 2. The van der Waals surface area contributed by atoms with Crippen LogP contribution in [-0.2, 0) is 11.0 Å². The van der Waals surface area contributed by atoms with Crippen LogP contribution in [0.5, 0.6) is 0 Å². The lowest BCUT2D eigenvalue weighted by Crippen LogP contribution is -2.41. The van der Waals surface area contributed by atoms with Crippen LogP contribution < -0.4 is 10.6 Å². The summed E-state index contributed by atoms with van der Waals surface area (Å²) in [5, 5.41) is 6.28. The van der Waals surface area contributed by atoms with Gasteiger partial charge in [0.05, 0.1) is 5.56 Å². The van der Waals surface area contributed by atoms with Gasteiger partial charge in [0.25, 0.3) is 0 Å². The van der Waals surface area contributed by atoms with Gasteiger partial charge in [0.1, 0.15) is 12.0 Å². The van der Waals surface area contributed by atoms with Crippen molar-refractivity contribution in [1.82, 2.24) is 15.5 Å². The summed E-state index contributed by atoms with van der Waals surface area (Å²) < 4.78 is 38.7. The Morgan fingerprint density at radius 1 is 1.30 bits per heavy atom. The minimum absolute atomic E-state index is 0.0146. The van der Waals surface area contributed by atoms with Crippen molar-refractivity contribution in [2.24, 2.45) is 4.99 Å². The van der Waals surface area contributed by atoms with Gasteiger partial charge in [0.2, 0.25) is 5.91 Å². The third-order valence-corrected chi connectivity index (χ3v) is 5.56. The van der Waals surface area contributed by atoms with E-state index >= 15 is 0 Å². The van der Waals surface area contributed by atoms with Gasteiger partial charge in [-0.1, -0.05) is 24.8 Å². The molecule has 30 heavy (non-hydrogen) atoms. The molecule has 2 atom stereocenters. The highest BCUT2D eigenvalue weighted by molar-refractivity contribution is 6.00. The number of amidine groups is 1. The molecule has 1 aliphatic carbocycles. The summed E-state index contributed by atoms with van der Waals surface area (Å²) in [5.74, 6) is 0.658. The Hall–Kier alpha value is -3.03. The maximum absolute atomic E-state index is 12.9. The Bertz CT molecular complexity index is 931. The average Bonchev–Trinajstić information content (AvgIpc) is 3.20. The van der Waals surface area contributed by atoms with Crippen molar-refractivity contribution in [3.63, 3.8) is 0 Å². The number of hydrogen-bond donors (Lipinski definition) is 2. The monoisotopic (exact) mass is 416 g/mol. The van der Waals surface area contributed by atoms with E-state index in [9.17, 15) is 18.0 Å². The number of nitrogens with zero attached hydrogens (tertiary/aromatic N) is 2. The first-order valence-corrected chi connectivity index (χ1v) is 9.94. The average molecular weight is 416 g/mol. The van der Waals surface area contributed by atoms with Crippen LogP contribution in [0.15, 0.2) is 65.3 Å². The number of hydrogen-bond acceptors (Lipinski definition) is 4. The minimum atomic E-state index is -4.37. The molecule has 1 aromatic rings. The fraction of sp³-hybridized carbons (Fsp3) is 0.364. The van der Waals surface area contributed by atoms with Gasteiger partial charge in [-0.15, -0.1) is 0 Å². The van der Waals surface area contributed by atoms with Crippen molar-refractivity contribution in [1.29, 1.82) is 0 Å². The fourth-order valence-corrected chi connectivity index (χ4v) is 4.03. The standard InChI is InChI=1S/C22H23F3N4O/c1-2-19(30)26-16-11-12-29(13-16)21-17-5-3-4-6-18(17)27-20(28-21)14-7-9-15(10-8-14)22(23,24)25/h2,4,6-10,16,20,27H,1,3,5,11-13H2,(H,26,30). The molecule has 8 heteroatoms. The van der Waals surface area contributed by atoms with Crippen molar-refractivity contribution in [2.75, 3.05) is 13.1 Å². The van der Waals surface area contributed by atoms with Crippen LogP contribution in [0.4, 0.5) is 13.2 Å². The van der Waals surface area contributed by atoms with E-state index in [1.807, 2.05) is 6.08 Å². The third-order valence-electron chi connectivity index (χ3n) is 5.56. The Balaban J connectivity index is 1.59. The first kappa shape index (κ1) is 20.3. The molecule has 2 aliphatic heterocycles. The first-order valence-electron chi connectivity index (χ1n) is 9.94. The summed E-state index contributed by atoms with van der Waals surface area (Å²) in [7, 11) is 0. The van der Waals surface area contributed by atoms with Crippen LogP contribution in [0, 0.1) is 0 Å². The molecule has 0 spiro atoms. The van der Waals surface area contributed by atoms with Crippen molar-refractivity contribution < 1.29 is 18.0 Å². The van der Waals surface area contributed by atoms with Crippen LogP contribution in [0.2, 0.25) is 0 Å². The molecule has 158 valence electrons. The fourth-order valence-electron chi connectivity index (χ4n) is 4.03. The van der Waals surface area contributed by atoms with Crippen molar-refractivity contribution in [3.8, 4) is 0 Å². The van der Waals surface area contributed by atoms with Gasteiger partial charge in [-0.25, -0.2) is 4.99 Å². The van der Waals surface area contributed by atoms with E-state index in [1.165, 1.54) is 18.2 Å². The van der Waals surface area contributed by atoms with Gasteiger partial charge in [-0.2, -0.15) is 13.2 Å². The first-order chi connectivity index (χ1) is 14.3. The zero-order valence-electron chi connectivity index (χ0n) is 16.4. The van der Waals surface area contributed by atoms with Gasteiger partial charge in [0.15, 0.2) is 0 Å². The second kappa shape index (κ2) is 8.01. The molecular weight excluding hydrogens is 393 g/mol. The molecule has 1 saturated heterocycles. The SMILES string of the molecule is C=CC(=O)NC1CCN(C2=NC(c3ccc(C(F)(F)F)cc3)NC3=C2CCC=C3)C1. The number of halogens is 3. The predicted octanol–water partition coefficient (Wildman–Crippen LogP) is 3.69. The molecule has 1 aromatic carbocycles. The number of amides is 1.